The van der Waals surface area contributed by atoms with Crippen molar-refractivity contribution in [1.29, 1.82) is 0 Å². The largest absolute Gasteiger partial charge is 0.489 e. The lowest BCUT2D eigenvalue weighted by Gasteiger charge is -2.14. The third-order valence-corrected chi connectivity index (χ3v) is 2.12. The topological polar surface area (TPSA) is 21.3 Å². The van der Waals surface area contributed by atoms with Gasteiger partial charge < -0.3 is 10.1 Å². The Bertz CT molecular complexity index is 297. The highest BCUT2D eigenvalue weighted by Crippen LogP contribution is 2.16. The lowest BCUT2D eigenvalue weighted by Crippen LogP contribution is -2.28. The van der Waals surface area contributed by atoms with Crippen LogP contribution < -0.4 is 10.1 Å². The summed E-state index contributed by atoms with van der Waals surface area (Å²) in [4.78, 5) is 0. The van der Waals surface area contributed by atoms with Gasteiger partial charge in [0, 0.05) is 18.1 Å². The Morgan fingerprint density at radius 2 is 2.13 bits per heavy atom. The summed E-state index contributed by atoms with van der Waals surface area (Å²) in [6.45, 7) is 7.25. The zero-order valence-electron chi connectivity index (χ0n) is 8.87. The van der Waals surface area contributed by atoms with Crippen LogP contribution in [0.5, 0.6) is 5.75 Å². The third-order valence-electron chi connectivity index (χ3n) is 1.87. The molecule has 0 saturated heterocycles. The minimum atomic E-state index is 0.131. The van der Waals surface area contributed by atoms with Crippen molar-refractivity contribution >= 4 is 11.6 Å². The van der Waals surface area contributed by atoms with E-state index in [4.69, 9.17) is 16.3 Å². The standard InChI is InChI=1S/C12H16ClNO/c1-3-8-14-9-10(2)15-12-6-4-11(13)5-7-12/h3-7,10,14H,1,8-9H2,2H3. The van der Waals surface area contributed by atoms with Crippen LogP contribution in [0, 0.1) is 0 Å². The summed E-state index contributed by atoms with van der Waals surface area (Å²) >= 11 is 5.77. The summed E-state index contributed by atoms with van der Waals surface area (Å²) in [6, 6.07) is 7.38. The summed E-state index contributed by atoms with van der Waals surface area (Å²) in [7, 11) is 0. The van der Waals surface area contributed by atoms with Crippen molar-refractivity contribution in [3.05, 3.63) is 41.9 Å². The fraction of sp³-hybridized carbons (Fsp3) is 0.333. The van der Waals surface area contributed by atoms with Crippen LogP contribution in [-0.2, 0) is 0 Å². The van der Waals surface area contributed by atoms with E-state index in [1.165, 1.54) is 0 Å². The van der Waals surface area contributed by atoms with Gasteiger partial charge in [-0.25, -0.2) is 0 Å². The molecule has 0 radical (unpaired) electrons. The van der Waals surface area contributed by atoms with E-state index >= 15 is 0 Å². The highest BCUT2D eigenvalue weighted by atomic mass is 35.5. The van der Waals surface area contributed by atoms with Crippen molar-refractivity contribution < 1.29 is 4.74 Å². The molecule has 1 rings (SSSR count). The molecule has 0 aliphatic carbocycles. The molecule has 0 heterocycles. The minimum absolute atomic E-state index is 0.131. The molecule has 0 spiro atoms. The van der Waals surface area contributed by atoms with Gasteiger partial charge in [-0.2, -0.15) is 0 Å². The Morgan fingerprint density at radius 1 is 1.47 bits per heavy atom. The molecule has 1 unspecified atom stereocenters. The first-order valence-corrected chi connectivity index (χ1v) is 5.34. The average Bonchev–Trinajstić information content (AvgIpc) is 2.22. The van der Waals surface area contributed by atoms with E-state index < -0.39 is 0 Å². The zero-order valence-corrected chi connectivity index (χ0v) is 9.63. The Labute approximate surface area is 95.9 Å². The molecule has 0 fully saturated rings. The highest BCUT2D eigenvalue weighted by molar-refractivity contribution is 6.30. The maximum absolute atomic E-state index is 5.77. The van der Waals surface area contributed by atoms with Gasteiger partial charge in [-0.3, -0.25) is 0 Å². The minimum Gasteiger partial charge on any atom is -0.489 e. The van der Waals surface area contributed by atoms with Crippen molar-refractivity contribution in [2.45, 2.75) is 13.0 Å². The quantitative estimate of drug-likeness (QED) is 0.594. The number of benzene rings is 1. The molecule has 0 bridgehead atoms. The van der Waals surface area contributed by atoms with Crippen LogP contribution in [0.1, 0.15) is 6.92 Å². The average molecular weight is 226 g/mol. The molecule has 82 valence electrons. The van der Waals surface area contributed by atoms with Gasteiger partial charge in [0.25, 0.3) is 0 Å². The van der Waals surface area contributed by atoms with Crippen LogP contribution in [-0.4, -0.2) is 19.2 Å². The molecule has 1 atom stereocenters. The van der Waals surface area contributed by atoms with E-state index in [2.05, 4.69) is 11.9 Å². The molecule has 0 aliphatic rings. The van der Waals surface area contributed by atoms with Crippen LogP contribution in [0.2, 0.25) is 5.02 Å². The fourth-order valence-corrected chi connectivity index (χ4v) is 1.30. The molecule has 3 heteroatoms. The van der Waals surface area contributed by atoms with Gasteiger partial charge >= 0.3 is 0 Å². The van der Waals surface area contributed by atoms with Crippen molar-refractivity contribution in [2.75, 3.05) is 13.1 Å². The van der Waals surface area contributed by atoms with Gasteiger partial charge in [0.15, 0.2) is 0 Å². The van der Waals surface area contributed by atoms with Crippen LogP contribution in [0.15, 0.2) is 36.9 Å². The van der Waals surface area contributed by atoms with Crippen LogP contribution in [0.25, 0.3) is 0 Å². The first kappa shape index (κ1) is 12.1. The molecule has 0 amide bonds. The highest BCUT2D eigenvalue weighted by Gasteiger charge is 2.02. The van der Waals surface area contributed by atoms with Gasteiger partial charge in [-0.15, -0.1) is 6.58 Å². The normalized spacial score (nSPS) is 12.1. The summed E-state index contributed by atoms with van der Waals surface area (Å²) < 4.78 is 5.66. The molecule has 0 saturated carbocycles. The van der Waals surface area contributed by atoms with Crippen molar-refractivity contribution in [3.63, 3.8) is 0 Å². The second-order valence-electron chi connectivity index (χ2n) is 3.33. The van der Waals surface area contributed by atoms with E-state index in [9.17, 15) is 0 Å². The number of hydrogen-bond acceptors (Lipinski definition) is 2. The van der Waals surface area contributed by atoms with Crippen molar-refractivity contribution in [2.24, 2.45) is 0 Å². The van der Waals surface area contributed by atoms with Crippen molar-refractivity contribution in [1.82, 2.24) is 5.32 Å². The van der Waals surface area contributed by atoms with E-state index in [0.29, 0.717) is 0 Å². The van der Waals surface area contributed by atoms with Crippen molar-refractivity contribution in [3.8, 4) is 5.75 Å². The van der Waals surface area contributed by atoms with E-state index in [1.54, 1.807) is 0 Å². The number of hydrogen-bond donors (Lipinski definition) is 1. The molecule has 1 aromatic carbocycles. The summed E-state index contributed by atoms with van der Waals surface area (Å²) in [5.74, 6) is 0.840. The van der Waals surface area contributed by atoms with Gasteiger partial charge in [0.05, 0.1) is 0 Å². The number of rotatable bonds is 6. The summed E-state index contributed by atoms with van der Waals surface area (Å²) in [5.41, 5.74) is 0. The first-order valence-electron chi connectivity index (χ1n) is 4.96. The Morgan fingerprint density at radius 3 is 2.73 bits per heavy atom. The lowest BCUT2D eigenvalue weighted by molar-refractivity contribution is 0.219. The summed E-state index contributed by atoms with van der Waals surface area (Å²) in [5, 5.41) is 3.92. The van der Waals surface area contributed by atoms with E-state index in [0.717, 1.165) is 23.9 Å². The number of ether oxygens (including phenoxy) is 1. The van der Waals surface area contributed by atoms with Crippen LogP contribution >= 0.6 is 11.6 Å². The van der Waals surface area contributed by atoms with Gasteiger partial charge in [-0.1, -0.05) is 17.7 Å². The molecule has 2 nitrogen and oxygen atoms in total. The van der Waals surface area contributed by atoms with Gasteiger partial charge in [-0.05, 0) is 31.2 Å². The molecular weight excluding hydrogens is 210 g/mol. The number of halogens is 1. The lowest BCUT2D eigenvalue weighted by atomic mass is 10.3. The second-order valence-corrected chi connectivity index (χ2v) is 3.77. The second kappa shape index (κ2) is 6.49. The molecular formula is C12H16ClNO. The predicted molar refractivity (Wildman–Crippen MR) is 64.6 cm³/mol. The number of nitrogens with one attached hydrogen (secondary N) is 1. The zero-order chi connectivity index (χ0) is 11.1. The molecule has 0 aromatic heterocycles. The maximum atomic E-state index is 5.77. The monoisotopic (exact) mass is 225 g/mol. The first-order chi connectivity index (χ1) is 7.22. The predicted octanol–water partition coefficient (Wildman–Crippen LogP) is 2.88. The van der Waals surface area contributed by atoms with E-state index in [1.807, 2.05) is 37.3 Å². The smallest absolute Gasteiger partial charge is 0.119 e. The Hall–Kier alpha value is -0.990. The maximum Gasteiger partial charge on any atom is 0.119 e. The summed E-state index contributed by atoms with van der Waals surface area (Å²) in [6.07, 6.45) is 1.96. The van der Waals surface area contributed by atoms with Gasteiger partial charge in [0.1, 0.15) is 11.9 Å². The van der Waals surface area contributed by atoms with Gasteiger partial charge in [0.2, 0.25) is 0 Å². The SMILES string of the molecule is C=CCNCC(C)Oc1ccc(Cl)cc1. The third kappa shape index (κ3) is 4.86. The molecule has 1 N–H and O–H groups in total. The molecule has 15 heavy (non-hydrogen) atoms. The fourth-order valence-electron chi connectivity index (χ4n) is 1.18. The molecule has 1 aromatic rings. The Balaban J connectivity index is 2.34. The van der Waals surface area contributed by atoms with Crippen LogP contribution in [0.4, 0.5) is 0 Å². The molecule has 0 aliphatic heterocycles. The Kier molecular flexibility index (Phi) is 5.22. The van der Waals surface area contributed by atoms with Crippen LogP contribution in [0.3, 0.4) is 0 Å². The van der Waals surface area contributed by atoms with E-state index in [-0.39, 0.29) is 6.10 Å².